The Hall–Kier alpha value is -4.86. The first-order chi connectivity index (χ1) is 28.4. The number of nitrogens with zero attached hydrogens (tertiary/aromatic N) is 4. The summed E-state index contributed by atoms with van der Waals surface area (Å²) < 4.78 is 0. The summed E-state index contributed by atoms with van der Waals surface area (Å²) in [6.07, 6.45) is 19.7. The lowest BCUT2D eigenvalue weighted by Crippen LogP contribution is -2.39. The number of guanidine groups is 2. The molecule has 2 saturated carbocycles. The van der Waals surface area contributed by atoms with Crippen molar-refractivity contribution in [3.63, 3.8) is 0 Å². The molecular weight excluding hydrogens is 721 g/mol. The molecule has 10 heteroatoms. The second-order valence-electron chi connectivity index (χ2n) is 17.5. The largest absolute Gasteiger partial charge is 0.338 e. The fourth-order valence-corrected chi connectivity index (χ4v) is 10.0. The van der Waals surface area contributed by atoms with Crippen LogP contribution < -0.4 is 10.6 Å². The first kappa shape index (κ1) is 41.3. The van der Waals surface area contributed by atoms with Crippen LogP contribution in [0.2, 0.25) is 0 Å². The van der Waals surface area contributed by atoms with E-state index in [-0.39, 0.29) is 37.0 Å². The number of benzene rings is 3. The second-order valence-corrected chi connectivity index (χ2v) is 17.5. The normalized spacial score (nSPS) is 20.6. The number of hydrogen-bond donors (Lipinski definition) is 4. The van der Waals surface area contributed by atoms with Crippen molar-refractivity contribution in [3.8, 4) is 0 Å². The summed E-state index contributed by atoms with van der Waals surface area (Å²) in [7, 11) is 0. The zero-order valence-electron chi connectivity index (χ0n) is 34.6. The van der Waals surface area contributed by atoms with Crippen LogP contribution in [0.3, 0.4) is 0 Å². The summed E-state index contributed by atoms with van der Waals surface area (Å²) in [6, 6.07) is 28.5. The van der Waals surface area contributed by atoms with Gasteiger partial charge in [-0.25, -0.2) is 0 Å². The maximum absolute atomic E-state index is 13.5. The van der Waals surface area contributed by atoms with Crippen LogP contribution in [-0.4, -0.2) is 94.7 Å². The van der Waals surface area contributed by atoms with E-state index in [9.17, 15) is 9.59 Å². The quantitative estimate of drug-likeness (QED) is 0.103. The third-order valence-electron chi connectivity index (χ3n) is 13.1. The van der Waals surface area contributed by atoms with Crippen LogP contribution in [0.25, 0.3) is 0 Å². The molecule has 58 heavy (non-hydrogen) atoms. The zero-order chi connectivity index (χ0) is 40.1. The maximum Gasteiger partial charge on any atom is 0.244 e. The van der Waals surface area contributed by atoms with Gasteiger partial charge in [0, 0.05) is 37.6 Å². The monoisotopic (exact) mass is 787 g/mol. The van der Waals surface area contributed by atoms with Crippen molar-refractivity contribution in [1.82, 2.24) is 19.6 Å². The van der Waals surface area contributed by atoms with E-state index >= 15 is 0 Å². The SMILES string of the molecule is N=C1N(CC(=O)Nc2cccc(NC(=O)CN3C[C@H](Cc4ccccc4)N(CCCC4CCCCC4)C3=N)c2)C[C@H](Cc2ccccc2)N1CCCC1CCCCC1. The Balaban J connectivity index is 0.915. The van der Waals surface area contributed by atoms with Gasteiger partial charge in [0.25, 0.3) is 0 Å². The molecule has 0 unspecified atom stereocenters. The van der Waals surface area contributed by atoms with E-state index in [1.165, 1.54) is 88.2 Å². The van der Waals surface area contributed by atoms with Gasteiger partial charge in [-0.3, -0.25) is 20.4 Å². The Labute approximate surface area is 346 Å². The van der Waals surface area contributed by atoms with Crippen LogP contribution in [0.1, 0.15) is 101 Å². The Bertz CT molecular complexity index is 1660. The Morgan fingerprint density at radius 2 is 0.966 bits per heavy atom. The fourth-order valence-electron chi connectivity index (χ4n) is 10.0. The molecule has 7 rings (SSSR count). The first-order valence-electron chi connectivity index (χ1n) is 22.4. The molecule has 2 aliphatic carbocycles. The summed E-state index contributed by atoms with van der Waals surface area (Å²) in [4.78, 5) is 35.2. The number of amides is 2. The number of hydrogen-bond acceptors (Lipinski definition) is 4. The lowest BCUT2D eigenvalue weighted by molar-refractivity contribution is -0.117. The first-order valence-corrected chi connectivity index (χ1v) is 22.4. The van der Waals surface area contributed by atoms with E-state index in [1.807, 2.05) is 40.1 Å². The Morgan fingerprint density at radius 1 is 0.552 bits per heavy atom. The van der Waals surface area contributed by atoms with E-state index in [0.717, 1.165) is 50.6 Å². The molecule has 0 aromatic heterocycles. The van der Waals surface area contributed by atoms with Crippen LogP contribution in [-0.2, 0) is 22.4 Å². The molecular formula is C48H66N8O2. The van der Waals surface area contributed by atoms with Crippen molar-refractivity contribution in [2.45, 2.75) is 115 Å². The van der Waals surface area contributed by atoms with Gasteiger partial charge in [0.15, 0.2) is 11.9 Å². The summed E-state index contributed by atoms with van der Waals surface area (Å²) in [6.45, 7) is 3.15. The summed E-state index contributed by atoms with van der Waals surface area (Å²) in [5.74, 6) is 2.11. The van der Waals surface area contributed by atoms with Gasteiger partial charge in [-0.2, -0.15) is 0 Å². The molecule has 2 aliphatic heterocycles. The van der Waals surface area contributed by atoms with Gasteiger partial charge in [0.05, 0.1) is 12.1 Å². The predicted molar refractivity (Wildman–Crippen MR) is 235 cm³/mol. The Morgan fingerprint density at radius 3 is 1.38 bits per heavy atom. The van der Waals surface area contributed by atoms with Gasteiger partial charge in [0.2, 0.25) is 11.8 Å². The van der Waals surface area contributed by atoms with Gasteiger partial charge in [0.1, 0.15) is 13.1 Å². The van der Waals surface area contributed by atoms with Crippen molar-refractivity contribution >= 4 is 35.1 Å². The van der Waals surface area contributed by atoms with Gasteiger partial charge in [-0.15, -0.1) is 0 Å². The van der Waals surface area contributed by atoms with Gasteiger partial charge >= 0.3 is 0 Å². The molecule has 4 N–H and O–H groups in total. The lowest BCUT2D eigenvalue weighted by atomic mass is 9.86. The minimum absolute atomic E-state index is 0.0954. The Kier molecular flexibility index (Phi) is 14.8. The van der Waals surface area contributed by atoms with Crippen LogP contribution in [0.4, 0.5) is 11.4 Å². The van der Waals surface area contributed by atoms with Crippen LogP contribution >= 0.6 is 0 Å². The van der Waals surface area contributed by atoms with Crippen molar-refractivity contribution < 1.29 is 9.59 Å². The number of carbonyl (C=O) groups excluding carboxylic acids is 2. The highest BCUT2D eigenvalue weighted by atomic mass is 16.2. The molecule has 0 bridgehead atoms. The van der Waals surface area contributed by atoms with Crippen LogP contribution in [0.5, 0.6) is 0 Å². The number of rotatable bonds is 18. The highest BCUT2D eigenvalue weighted by molar-refractivity contribution is 5.98. The number of carbonyl (C=O) groups is 2. The lowest BCUT2D eigenvalue weighted by Gasteiger charge is -2.27. The summed E-state index contributed by atoms with van der Waals surface area (Å²) in [5.41, 5.74) is 3.69. The van der Waals surface area contributed by atoms with Gasteiger partial charge in [-0.1, -0.05) is 131 Å². The average Bonchev–Trinajstić information content (AvgIpc) is 3.68. The molecule has 3 aromatic rings. The molecule has 2 atom stereocenters. The van der Waals surface area contributed by atoms with Crippen LogP contribution in [0.15, 0.2) is 84.9 Å². The van der Waals surface area contributed by atoms with E-state index in [1.54, 1.807) is 6.07 Å². The minimum atomic E-state index is -0.186. The maximum atomic E-state index is 13.5. The van der Waals surface area contributed by atoms with Gasteiger partial charge in [-0.05, 0) is 79.7 Å². The van der Waals surface area contributed by atoms with Gasteiger partial charge < -0.3 is 30.2 Å². The molecule has 2 amide bonds. The van der Waals surface area contributed by atoms with E-state index in [4.69, 9.17) is 10.8 Å². The van der Waals surface area contributed by atoms with Crippen molar-refractivity contribution in [2.24, 2.45) is 11.8 Å². The van der Waals surface area contributed by atoms with Crippen molar-refractivity contribution in [1.29, 1.82) is 10.8 Å². The molecule has 0 radical (unpaired) electrons. The van der Waals surface area contributed by atoms with E-state index in [2.05, 4.69) is 69.0 Å². The van der Waals surface area contributed by atoms with E-state index in [0.29, 0.717) is 36.4 Å². The van der Waals surface area contributed by atoms with Crippen LogP contribution in [0, 0.1) is 22.7 Å². The highest BCUT2D eigenvalue weighted by Gasteiger charge is 2.36. The van der Waals surface area contributed by atoms with Crippen molar-refractivity contribution in [2.75, 3.05) is 49.9 Å². The molecule has 2 heterocycles. The highest BCUT2D eigenvalue weighted by Crippen LogP contribution is 2.30. The fraction of sp³-hybridized carbons (Fsp3) is 0.542. The zero-order valence-corrected chi connectivity index (χ0v) is 34.6. The minimum Gasteiger partial charge on any atom is -0.338 e. The van der Waals surface area contributed by atoms with Crippen molar-refractivity contribution in [3.05, 3.63) is 96.1 Å². The standard InChI is InChI=1S/C48H66N8O2/c49-47-53(33-43(30-39-20-9-3-10-21-39)55(47)28-14-24-37-16-5-1-6-17-37)35-45(57)51-41-26-13-27-42(32-41)52-46(58)36-54-34-44(31-40-22-11-4-12-23-40)56(48(54)50)29-15-25-38-18-7-2-8-19-38/h3-4,9-13,20-23,26-27,32,37-38,43-44,49-50H,1-2,5-8,14-19,24-25,28-31,33-36H2,(H,51,57)(H,52,58)/t43-,44-/m0/s1. The average molecular weight is 787 g/mol. The summed E-state index contributed by atoms with van der Waals surface area (Å²) in [5, 5.41) is 24.3. The number of nitrogens with one attached hydrogen (secondary N) is 4. The number of anilines is 2. The molecule has 310 valence electrons. The smallest absolute Gasteiger partial charge is 0.244 e. The van der Waals surface area contributed by atoms with E-state index < -0.39 is 0 Å². The molecule has 4 fully saturated rings. The molecule has 3 aromatic carbocycles. The molecule has 0 spiro atoms. The molecule has 10 nitrogen and oxygen atoms in total. The second kappa shape index (κ2) is 20.7. The third kappa shape index (κ3) is 11.6. The third-order valence-corrected chi connectivity index (χ3v) is 13.1. The predicted octanol–water partition coefficient (Wildman–Crippen LogP) is 8.61. The topological polar surface area (TPSA) is 119 Å². The summed E-state index contributed by atoms with van der Waals surface area (Å²) >= 11 is 0. The molecule has 4 aliphatic rings. The molecule has 2 saturated heterocycles.